The maximum Gasteiger partial charge on any atom is 0.407 e. The monoisotopic (exact) mass is 465 g/mol. The predicted octanol–water partition coefficient (Wildman–Crippen LogP) is 5.93. The van der Waals surface area contributed by atoms with Crippen molar-refractivity contribution < 1.29 is 14.3 Å². The normalized spacial score (nSPS) is 13.3. The third-order valence-corrected chi connectivity index (χ3v) is 6.12. The molecule has 0 aromatic heterocycles. The van der Waals surface area contributed by atoms with Gasteiger partial charge in [0.05, 0.1) is 11.6 Å². The molecule has 4 nitrogen and oxygen atoms in total. The molecule has 3 aromatic rings. The van der Waals surface area contributed by atoms with Crippen LogP contribution in [0.1, 0.15) is 29.5 Å². The molecule has 3 aromatic carbocycles. The van der Waals surface area contributed by atoms with Crippen LogP contribution < -0.4 is 10.1 Å². The van der Waals surface area contributed by atoms with Crippen molar-refractivity contribution in [2.45, 2.75) is 25.3 Å². The summed E-state index contributed by atoms with van der Waals surface area (Å²) in [7, 11) is 1.64. The Labute approximate surface area is 185 Å². The minimum atomic E-state index is -0.395. The summed E-state index contributed by atoms with van der Waals surface area (Å²) in [5.41, 5.74) is 5.95. The number of nitrogens with one attached hydrogen (secondary N) is 1. The minimum absolute atomic E-state index is 0.0634. The van der Waals surface area contributed by atoms with Crippen LogP contribution in [0.15, 0.2) is 71.2 Å². The van der Waals surface area contributed by atoms with E-state index in [0.29, 0.717) is 13.0 Å². The Hall–Kier alpha value is -2.79. The molecule has 1 aliphatic carbocycles. The molecule has 1 aliphatic rings. The quantitative estimate of drug-likeness (QED) is 0.490. The van der Waals surface area contributed by atoms with Crippen LogP contribution in [0.25, 0.3) is 11.1 Å². The summed E-state index contributed by atoms with van der Waals surface area (Å²) >= 11 is 3.46. The van der Waals surface area contributed by atoms with Crippen LogP contribution in [0.4, 0.5) is 4.79 Å². The predicted molar refractivity (Wildman–Crippen MR) is 122 cm³/mol. The van der Waals surface area contributed by atoms with E-state index < -0.39 is 6.09 Å². The summed E-state index contributed by atoms with van der Waals surface area (Å²) in [6.45, 7) is 2.29. The van der Waals surface area contributed by atoms with Crippen LogP contribution >= 0.6 is 15.9 Å². The summed E-state index contributed by atoms with van der Waals surface area (Å²) in [5, 5.41) is 2.94. The van der Waals surface area contributed by atoms with Crippen LogP contribution in [0.2, 0.25) is 0 Å². The molecule has 1 N–H and O–H groups in total. The summed E-state index contributed by atoms with van der Waals surface area (Å²) in [6.07, 6.45) is 0.293. The van der Waals surface area contributed by atoms with Crippen LogP contribution in [0, 0.1) is 0 Å². The maximum absolute atomic E-state index is 12.4. The Bertz CT molecular complexity index is 1020. The topological polar surface area (TPSA) is 47.6 Å². The summed E-state index contributed by atoms with van der Waals surface area (Å²) in [5.74, 6) is 0.843. The molecular formula is C25H24BrNO3. The van der Waals surface area contributed by atoms with Crippen molar-refractivity contribution in [3.8, 4) is 16.9 Å². The molecular weight excluding hydrogens is 442 g/mol. The first-order valence-electron chi connectivity index (χ1n) is 10.0. The van der Waals surface area contributed by atoms with Crippen molar-refractivity contribution in [3.63, 3.8) is 0 Å². The second-order valence-electron chi connectivity index (χ2n) is 7.54. The first kappa shape index (κ1) is 20.5. The molecule has 5 heteroatoms. The van der Waals surface area contributed by atoms with Crippen molar-refractivity contribution in [1.82, 2.24) is 5.32 Å². The molecule has 0 bridgehead atoms. The summed E-state index contributed by atoms with van der Waals surface area (Å²) < 4.78 is 11.9. The molecule has 1 amide bonds. The van der Waals surface area contributed by atoms with Gasteiger partial charge in [-0.2, -0.15) is 0 Å². The summed E-state index contributed by atoms with van der Waals surface area (Å²) in [6, 6.07) is 22.5. The van der Waals surface area contributed by atoms with Gasteiger partial charge in [0, 0.05) is 12.0 Å². The van der Waals surface area contributed by atoms with E-state index in [1.807, 2.05) is 49.4 Å². The number of alkyl carbamates (subject to hydrolysis) is 1. The van der Waals surface area contributed by atoms with Gasteiger partial charge in [0.2, 0.25) is 0 Å². The fourth-order valence-electron chi connectivity index (χ4n) is 4.08. The van der Waals surface area contributed by atoms with Crippen LogP contribution in [0.3, 0.4) is 0 Å². The van der Waals surface area contributed by atoms with Gasteiger partial charge in [0.15, 0.2) is 0 Å². The lowest BCUT2D eigenvalue weighted by atomic mass is 9.98. The molecule has 0 heterocycles. The van der Waals surface area contributed by atoms with Crippen LogP contribution in [-0.4, -0.2) is 25.9 Å². The van der Waals surface area contributed by atoms with Gasteiger partial charge >= 0.3 is 6.09 Å². The van der Waals surface area contributed by atoms with Gasteiger partial charge in [-0.05, 0) is 69.2 Å². The molecule has 1 atom stereocenters. The Morgan fingerprint density at radius 2 is 1.67 bits per heavy atom. The molecule has 0 saturated carbocycles. The smallest absolute Gasteiger partial charge is 0.407 e. The fraction of sp³-hybridized carbons (Fsp3) is 0.240. The molecule has 4 rings (SSSR count). The second kappa shape index (κ2) is 8.92. The molecule has 154 valence electrons. The number of methoxy groups -OCH3 is 1. The number of benzene rings is 3. The number of hydrogen-bond donors (Lipinski definition) is 1. The lowest BCUT2D eigenvalue weighted by molar-refractivity contribution is 0.139. The van der Waals surface area contributed by atoms with E-state index in [9.17, 15) is 4.79 Å². The number of carbonyl (C=O) groups excluding carboxylic acids is 1. The third-order valence-electron chi connectivity index (χ3n) is 5.47. The highest BCUT2D eigenvalue weighted by Crippen LogP contribution is 2.44. The molecule has 0 radical (unpaired) electrons. The Balaban J connectivity index is 1.37. The van der Waals surface area contributed by atoms with Crippen molar-refractivity contribution in [1.29, 1.82) is 0 Å². The van der Waals surface area contributed by atoms with Crippen LogP contribution in [0.5, 0.6) is 5.75 Å². The van der Waals surface area contributed by atoms with E-state index in [0.717, 1.165) is 15.8 Å². The minimum Gasteiger partial charge on any atom is -0.496 e. The molecule has 30 heavy (non-hydrogen) atoms. The molecule has 0 saturated heterocycles. The Morgan fingerprint density at radius 3 is 2.30 bits per heavy atom. The van der Waals surface area contributed by atoms with Gasteiger partial charge in [0.1, 0.15) is 12.4 Å². The zero-order chi connectivity index (χ0) is 21.1. The zero-order valence-electron chi connectivity index (χ0n) is 17.0. The highest BCUT2D eigenvalue weighted by Gasteiger charge is 2.29. The average Bonchev–Trinajstić information content (AvgIpc) is 3.07. The van der Waals surface area contributed by atoms with Gasteiger partial charge in [-0.15, -0.1) is 0 Å². The summed E-state index contributed by atoms with van der Waals surface area (Å²) in [4.78, 5) is 12.4. The lowest BCUT2D eigenvalue weighted by Gasteiger charge is -2.17. The zero-order valence-corrected chi connectivity index (χ0v) is 18.6. The maximum atomic E-state index is 12.4. The van der Waals surface area contributed by atoms with E-state index in [2.05, 4.69) is 45.5 Å². The third kappa shape index (κ3) is 4.21. The van der Waals surface area contributed by atoms with E-state index in [1.165, 1.54) is 22.3 Å². The number of ether oxygens (including phenoxy) is 2. The number of hydrogen-bond acceptors (Lipinski definition) is 3. The number of halogens is 1. The van der Waals surface area contributed by atoms with Crippen molar-refractivity contribution in [2.24, 2.45) is 0 Å². The number of amides is 1. The van der Waals surface area contributed by atoms with Gasteiger partial charge in [0.25, 0.3) is 0 Å². The van der Waals surface area contributed by atoms with E-state index in [1.54, 1.807) is 7.11 Å². The van der Waals surface area contributed by atoms with E-state index in [-0.39, 0.29) is 12.0 Å². The average molecular weight is 466 g/mol. The van der Waals surface area contributed by atoms with Crippen molar-refractivity contribution in [2.75, 3.05) is 13.7 Å². The fourth-order valence-corrected chi connectivity index (χ4v) is 4.49. The van der Waals surface area contributed by atoms with Gasteiger partial charge in [-0.3, -0.25) is 0 Å². The Kier molecular flexibility index (Phi) is 6.09. The lowest BCUT2D eigenvalue weighted by Crippen LogP contribution is -2.35. The number of fused-ring (bicyclic) bond motifs is 3. The van der Waals surface area contributed by atoms with E-state index >= 15 is 0 Å². The molecule has 0 unspecified atom stereocenters. The SMILES string of the molecule is COc1cc(C[C@@H](C)NC(=O)OCC2c3ccccc3-c3ccccc32)ccc1Br. The van der Waals surface area contributed by atoms with Crippen molar-refractivity contribution >= 4 is 22.0 Å². The first-order chi connectivity index (χ1) is 14.6. The second-order valence-corrected chi connectivity index (χ2v) is 8.40. The van der Waals surface area contributed by atoms with Gasteiger partial charge < -0.3 is 14.8 Å². The highest BCUT2D eigenvalue weighted by atomic mass is 79.9. The largest absolute Gasteiger partial charge is 0.496 e. The van der Waals surface area contributed by atoms with Gasteiger partial charge in [-0.1, -0.05) is 54.6 Å². The van der Waals surface area contributed by atoms with Gasteiger partial charge in [-0.25, -0.2) is 4.79 Å². The first-order valence-corrected chi connectivity index (χ1v) is 10.8. The molecule has 0 fully saturated rings. The highest BCUT2D eigenvalue weighted by molar-refractivity contribution is 9.10. The van der Waals surface area contributed by atoms with E-state index in [4.69, 9.17) is 9.47 Å². The Morgan fingerprint density at radius 1 is 1.03 bits per heavy atom. The standard InChI is InChI=1S/C25H24BrNO3/c1-16(13-17-11-12-23(26)24(14-17)29-2)27-25(28)30-15-22-20-9-5-3-7-18(20)19-8-4-6-10-21(19)22/h3-12,14,16,22H,13,15H2,1-2H3,(H,27,28)/t16-/m1/s1. The number of rotatable bonds is 6. The van der Waals surface area contributed by atoms with Crippen molar-refractivity contribution in [3.05, 3.63) is 87.9 Å². The molecule has 0 aliphatic heterocycles. The number of carbonyl (C=O) groups is 1. The molecule has 0 spiro atoms. The van der Waals surface area contributed by atoms with Crippen LogP contribution in [-0.2, 0) is 11.2 Å².